The van der Waals surface area contributed by atoms with Gasteiger partial charge < -0.3 is 10.4 Å². The van der Waals surface area contributed by atoms with Crippen LogP contribution in [0.4, 0.5) is 0 Å². The number of aliphatic hydroxyl groups is 1. The molecule has 0 unspecified atom stereocenters. The largest absolute Gasteiger partial charge is 0.388 e. The summed E-state index contributed by atoms with van der Waals surface area (Å²) in [5.74, 6) is 0.298. The van der Waals surface area contributed by atoms with Gasteiger partial charge in [-0.1, -0.05) is 30.1 Å². The van der Waals surface area contributed by atoms with Crippen LogP contribution in [0.15, 0.2) is 12.1 Å². The molecule has 0 saturated heterocycles. The Morgan fingerprint density at radius 2 is 2.10 bits per heavy atom. The zero-order valence-electron chi connectivity index (χ0n) is 11.3. The van der Waals surface area contributed by atoms with Crippen LogP contribution in [0.5, 0.6) is 0 Å². The highest BCUT2D eigenvalue weighted by Crippen LogP contribution is 2.31. The fourth-order valence-electron chi connectivity index (χ4n) is 2.40. The van der Waals surface area contributed by atoms with Gasteiger partial charge in [0, 0.05) is 6.54 Å². The lowest BCUT2D eigenvalue weighted by atomic mass is 9.79. The summed E-state index contributed by atoms with van der Waals surface area (Å²) in [4.78, 5) is 15.9. The van der Waals surface area contributed by atoms with Crippen molar-refractivity contribution in [3.63, 3.8) is 0 Å². The van der Waals surface area contributed by atoms with Crippen LogP contribution in [0.1, 0.15) is 43.0 Å². The second-order valence-electron chi connectivity index (χ2n) is 5.56. The van der Waals surface area contributed by atoms with Crippen LogP contribution in [-0.2, 0) is 0 Å². The zero-order valence-corrected chi connectivity index (χ0v) is 12.8. The maximum absolute atomic E-state index is 12.0. The number of amides is 1. The van der Waals surface area contributed by atoms with Gasteiger partial charge in [0.05, 0.1) is 11.2 Å². The van der Waals surface area contributed by atoms with E-state index < -0.39 is 5.60 Å². The number of hydrogen-bond donors (Lipinski definition) is 2. The molecule has 1 fully saturated rings. The fourth-order valence-corrected chi connectivity index (χ4v) is 2.83. The average molecular weight is 317 g/mol. The van der Waals surface area contributed by atoms with Gasteiger partial charge in [0.1, 0.15) is 10.3 Å². The number of carbonyl (C=O) groups is 1. The third-order valence-electron chi connectivity index (χ3n) is 3.84. The van der Waals surface area contributed by atoms with Crippen LogP contribution in [0.3, 0.4) is 0 Å². The predicted molar refractivity (Wildman–Crippen MR) is 79.2 cm³/mol. The van der Waals surface area contributed by atoms with E-state index in [1.54, 1.807) is 0 Å². The molecular weight excluding hydrogens is 299 g/mol. The number of hydrogen-bond acceptors (Lipinski definition) is 3. The standard InChI is InChI=1S/C14H18Cl2N2O2/c1-9-4-6-14(20,7-5-9)8-17-13(19)10-2-3-11(15)18-12(10)16/h2-3,9,20H,4-8H2,1H3,(H,17,19). The van der Waals surface area contributed by atoms with Gasteiger partial charge in [-0.05, 0) is 43.7 Å². The van der Waals surface area contributed by atoms with Gasteiger partial charge in [-0.3, -0.25) is 4.79 Å². The Morgan fingerprint density at radius 3 is 2.70 bits per heavy atom. The van der Waals surface area contributed by atoms with Gasteiger partial charge in [-0.25, -0.2) is 4.98 Å². The first-order chi connectivity index (χ1) is 9.39. The van der Waals surface area contributed by atoms with Crippen LogP contribution >= 0.6 is 23.2 Å². The van der Waals surface area contributed by atoms with E-state index in [2.05, 4.69) is 17.2 Å². The van der Waals surface area contributed by atoms with Crippen LogP contribution in [0, 0.1) is 5.92 Å². The van der Waals surface area contributed by atoms with Crippen molar-refractivity contribution in [2.75, 3.05) is 6.54 Å². The molecule has 0 radical (unpaired) electrons. The Hall–Kier alpha value is -0.840. The number of pyridine rings is 1. The third kappa shape index (κ3) is 3.84. The minimum atomic E-state index is -0.811. The van der Waals surface area contributed by atoms with Crippen molar-refractivity contribution in [1.29, 1.82) is 0 Å². The van der Waals surface area contributed by atoms with Crippen molar-refractivity contribution in [1.82, 2.24) is 10.3 Å². The molecule has 0 aromatic carbocycles. The molecule has 1 aliphatic carbocycles. The van der Waals surface area contributed by atoms with Gasteiger partial charge in [-0.2, -0.15) is 0 Å². The van der Waals surface area contributed by atoms with Gasteiger partial charge in [0.15, 0.2) is 0 Å². The maximum atomic E-state index is 12.0. The summed E-state index contributed by atoms with van der Waals surface area (Å²) in [7, 11) is 0. The molecule has 1 aromatic rings. The van der Waals surface area contributed by atoms with Crippen LogP contribution < -0.4 is 5.32 Å². The molecule has 0 spiro atoms. The molecule has 6 heteroatoms. The van der Waals surface area contributed by atoms with E-state index in [1.807, 2.05) is 0 Å². The molecule has 110 valence electrons. The topological polar surface area (TPSA) is 62.2 Å². The summed E-state index contributed by atoms with van der Waals surface area (Å²) in [6.45, 7) is 2.41. The van der Waals surface area contributed by atoms with E-state index in [9.17, 15) is 9.90 Å². The highest BCUT2D eigenvalue weighted by molar-refractivity contribution is 6.34. The molecule has 4 nitrogen and oxygen atoms in total. The Morgan fingerprint density at radius 1 is 1.45 bits per heavy atom. The molecule has 0 bridgehead atoms. The minimum Gasteiger partial charge on any atom is -0.388 e. The number of carbonyl (C=O) groups excluding carboxylic acids is 1. The third-order valence-corrected chi connectivity index (χ3v) is 4.34. The second kappa shape index (κ2) is 6.29. The van der Waals surface area contributed by atoms with Gasteiger partial charge in [0.2, 0.25) is 0 Å². The Kier molecular flexibility index (Phi) is 4.89. The van der Waals surface area contributed by atoms with Gasteiger partial charge in [0.25, 0.3) is 5.91 Å². The van der Waals surface area contributed by atoms with Gasteiger partial charge in [-0.15, -0.1) is 0 Å². The van der Waals surface area contributed by atoms with E-state index in [-0.39, 0.29) is 28.3 Å². The van der Waals surface area contributed by atoms with E-state index in [1.165, 1.54) is 12.1 Å². The summed E-state index contributed by atoms with van der Waals surface area (Å²) >= 11 is 11.6. The Balaban J connectivity index is 1.95. The molecule has 1 aromatic heterocycles. The van der Waals surface area contributed by atoms with Crippen molar-refractivity contribution >= 4 is 29.1 Å². The van der Waals surface area contributed by atoms with E-state index in [0.29, 0.717) is 18.8 Å². The van der Waals surface area contributed by atoms with E-state index in [4.69, 9.17) is 23.2 Å². The SMILES string of the molecule is CC1CCC(O)(CNC(=O)c2ccc(Cl)nc2Cl)CC1. The predicted octanol–water partition coefficient (Wildman–Crippen LogP) is 3.06. The first-order valence-corrected chi connectivity index (χ1v) is 7.48. The number of nitrogens with zero attached hydrogens (tertiary/aromatic N) is 1. The lowest BCUT2D eigenvalue weighted by Crippen LogP contribution is -2.45. The summed E-state index contributed by atoms with van der Waals surface area (Å²) in [6.07, 6.45) is 3.38. The second-order valence-corrected chi connectivity index (χ2v) is 6.31. The minimum absolute atomic E-state index is 0.0688. The summed E-state index contributed by atoms with van der Waals surface area (Å²) in [5.41, 5.74) is -0.544. The first-order valence-electron chi connectivity index (χ1n) is 6.72. The lowest BCUT2D eigenvalue weighted by molar-refractivity contribution is -0.00540. The number of nitrogens with one attached hydrogen (secondary N) is 1. The molecule has 0 aliphatic heterocycles. The normalized spacial score (nSPS) is 26.3. The highest BCUT2D eigenvalue weighted by atomic mass is 35.5. The van der Waals surface area contributed by atoms with Crippen molar-refractivity contribution in [2.45, 2.75) is 38.2 Å². The van der Waals surface area contributed by atoms with Crippen molar-refractivity contribution < 1.29 is 9.90 Å². The zero-order chi connectivity index (χ0) is 14.8. The van der Waals surface area contributed by atoms with Crippen LogP contribution in [0.2, 0.25) is 10.3 Å². The van der Waals surface area contributed by atoms with E-state index in [0.717, 1.165) is 12.8 Å². The molecule has 1 heterocycles. The van der Waals surface area contributed by atoms with E-state index >= 15 is 0 Å². The molecule has 2 rings (SSSR count). The Bertz CT molecular complexity index is 500. The monoisotopic (exact) mass is 316 g/mol. The van der Waals surface area contributed by atoms with Crippen LogP contribution in [-0.4, -0.2) is 28.1 Å². The van der Waals surface area contributed by atoms with Crippen molar-refractivity contribution in [3.8, 4) is 0 Å². The smallest absolute Gasteiger partial charge is 0.254 e. The van der Waals surface area contributed by atoms with Crippen molar-refractivity contribution in [3.05, 3.63) is 28.0 Å². The molecular formula is C14H18Cl2N2O2. The summed E-state index contributed by atoms with van der Waals surface area (Å²) in [6, 6.07) is 3.04. The Labute approximate surface area is 128 Å². The summed E-state index contributed by atoms with van der Waals surface area (Å²) in [5, 5.41) is 13.5. The molecule has 2 N–H and O–H groups in total. The maximum Gasteiger partial charge on any atom is 0.254 e. The molecule has 1 amide bonds. The highest BCUT2D eigenvalue weighted by Gasteiger charge is 2.32. The van der Waals surface area contributed by atoms with Crippen molar-refractivity contribution in [2.24, 2.45) is 5.92 Å². The first kappa shape index (κ1) is 15.5. The molecule has 1 saturated carbocycles. The van der Waals surface area contributed by atoms with Crippen LogP contribution in [0.25, 0.3) is 0 Å². The average Bonchev–Trinajstić information content (AvgIpc) is 2.40. The number of aromatic nitrogens is 1. The number of halogens is 2. The quantitative estimate of drug-likeness (QED) is 0.842. The molecule has 1 aliphatic rings. The molecule has 0 atom stereocenters. The summed E-state index contributed by atoms with van der Waals surface area (Å²) < 4.78 is 0. The molecule has 20 heavy (non-hydrogen) atoms. The fraction of sp³-hybridized carbons (Fsp3) is 0.571. The number of rotatable bonds is 3. The lowest BCUT2D eigenvalue weighted by Gasteiger charge is -2.34. The van der Waals surface area contributed by atoms with Gasteiger partial charge >= 0.3 is 0 Å².